The highest BCUT2D eigenvalue weighted by atomic mass is 35.5. The van der Waals surface area contributed by atoms with Gasteiger partial charge >= 0.3 is 0 Å². The SMILES string of the molecule is O=C(COc1ccc(Cl)cc1)NNS(=O)(=O)c1ccc2c(c1)CCC2. The van der Waals surface area contributed by atoms with Gasteiger partial charge in [0.05, 0.1) is 4.90 Å². The number of aryl methyl sites for hydroxylation is 2. The van der Waals surface area contributed by atoms with Crippen LogP contribution < -0.4 is 15.0 Å². The summed E-state index contributed by atoms with van der Waals surface area (Å²) >= 11 is 5.76. The zero-order valence-electron chi connectivity index (χ0n) is 13.3. The summed E-state index contributed by atoms with van der Waals surface area (Å²) in [5.74, 6) is -0.152. The molecule has 0 atom stereocenters. The van der Waals surface area contributed by atoms with Crippen LogP contribution in [0.15, 0.2) is 47.4 Å². The van der Waals surface area contributed by atoms with Crippen molar-refractivity contribution in [3.63, 3.8) is 0 Å². The third-order valence-electron chi connectivity index (χ3n) is 3.89. The summed E-state index contributed by atoms with van der Waals surface area (Å²) in [5, 5.41) is 0.555. The number of sulfonamides is 1. The number of benzene rings is 2. The Morgan fingerprint density at radius 2 is 1.80 bits per heavy atom. The van der Waals surface area contributed by atoms with Crippen LogP contribution in [-0.2, 0) is 27.7 Å². The molecule has 0 saturated carbocycles. The Morgan fingerprint density at radius 1 is 1.08 bits per heavy atom. The fourth-order valence-corrected chi connectivity index (χ4v) is 3.65. The van der Waals surface area contributed by atoms with Crippen molar-refractivity contribution in [2.24, 2.45) is 0 Å². The van der Waals surface area contributed by atoms with Gasteiger partial charge in [-0.2, -0.15) is 0 Å². The Hall–Kier alpha value is -2.09. The summed E-state index contributed by atoms with van der Waals surface area (Å²) in [6, 6.07) is 11.5. The molecule has 0 unspecified atom stereocenters. The number of hydrogen-bond acceptors (Lipinski definition) is 4. The van der Waals surface area contributed by atoms with Gasteiger partial charge in [0.15, 0.2) is 6.61 Å². The standard InChI is InChI=1S/C17H17ClN2O4S/c18-14-5-7-15(8-6-14)24-11-17(21)19-20-25(22,23)16-9-4-12-2-1-3-13(12)10-16/h4-10,20H,1-3,11H2,(H,19,21). The molecule has 3 rings (SSSR count). The first-order chi connectivity index (χ1) is 11.9. The molecule has 6 nitrogen and oxygen atoms in total. The molecule has 2 aromatic carbocycles. The Balaban J connectivity index is 1.54. The van der Waals surface area contributed by atoms with Crippen LogP contribution in [0, 0.1) is 0 Å². The molecule has 1 aliphatic rings. The minimum absolute atomic E-state index is 0.132. The highest BCUT2D eigenvalue weighted by molar-refractivity contribution is 7.89. The van der Waals surface area contributed by atoms with Gasteiger partial charge in [-0.05, 0) is 66.8 Å². The Kier molecular flexibility index (Phi) is 5.27. The van der Waals surface area contributed by atoms with Crippen molar-refractivity contribution in [1.29, 1.82) is 0 Å². The number of rotatable bonds is 6. The van der Waals surface area contributed by atoms with Crippen molar-refractivity contribution < 1.29 is 17.9 Å². The van der Waals surface area contributed by atoms with Crippen molar-refractivity contribution in [2.75, 3.05) is 6.61 Å². The lowest BCUT2D eigenvalue weighted by molar-refractivity contribution is -0.123. The van der Waals surface area contributed by atoms with Crippen molar-refractivity contribution in [2.45, 2.75) is 24.2 Å². The maximum atomic E-state index is 12.3. The zero-order chi connectivity index (χ0) is 17.9. The van der Waals surface area contributed by atoms with Gasteiger partial charge in [-0.1, -0.05) is 17.7 Å². The summed E-state index contributed by atoms with van der Waals surface area (Å²) in [4.78, 5) is 14.0. The molecular weight excluding hydrogens is 364 g/mol. The van der Waals surface area contributed by atoms with Crippen LogP contribution in [-0.4, -0.2) is 20.9 Å². The summed E-state index contributed by atoms with van der Waals surface area (Å²) in [5.41, 5.74) is 4.36. The van der Waals surface area contributed by atoms with E-state index in [0.717, 1.165) is 24.8 Å². The van der Waals surface area contributed by atoms with E-state index in [4.69, 9.17) is 16.3 Å². The highest BCUT2D eigenvalue weighted by Crippen LogP contribution is 2.24. The minimum Gasteiger partial charge on any atom is -0.484 e. The molecular formula is C17H17ClN2O4S. The zero-order valence-corrected chi connectivity index (χ0v) is 14.9. The smallest absolute Gasteiger partial charge is 0.272 e. The van der Waals surface area contributed by atoms with E-state index < -0.39 is 15.9 Å². The number of halogens is 1. The first-order valence-corrected chi connectivity index (χ1v) is 9.61. The van der Waals surface area contributed by atoms with E-state index in [2.05, 4.69) is 10.3 Å². The number of nitrogens with one attached hydrogen (secondary N) is 2. The van der Waals surface area contributed by atoms with Gasteiger partial charge in [0.25, 0.3) is 15.9 Å². The van der Waals surface area contributed by atoms with Crippen LogP contribution in [0.2, 0.25) is 5.02 Å². The fourth-order valence-electron chi connectivity index (χ4n) is 2.61. The number of hydrogen-bond donors (Lipinski definition) is 2. The third-order valence-corrected chi connectivity index (χ3v) is 5.39. The van der Waals surface area contributed by atoms with Crippen molar-refractivity contribution in [1.82, 2.24) is 10.3 Å². The second-order valence-electron chi connectivity index (χ2n) is 5.68. The first kappa shape index (κ1) is 17.7. The lowest BCUT2D eigenvalue weighted by atomic mass is 10.1. The summed E-state index contributed by atoms with van der Waals surface area (Å²) in [7, 11) is -3.82. The molecule has 2 N–H and O–H groups in total. The Morgan fingerprint density at radius 3 is 2.56 bits per heavy atom. The lowest BCUT2D eigenvalue weighted by Crippen LogP contribution is -2.43. The molecule has 132 valence electrons. The Bertz CT molecular complexity index is 882. The molecule has 0 aliphatic heterocycles. The largest absolute Gasteiger partial charge is 0.484 e. The number of carbonyl (C=O) groups excluding carboxylic acids is 1. The quantitative estimate of drug-likeness (QED) is 0.752. The van der Waals surface area contributed by atoms with Crippen LogP contribution in [0.4, 0.5) is 0 Å². The van der Waals surface area contributed by atoms with Crippen LogP contribution in [0.25, 0.3) is 0 Å². The average Bonchev–Trinajstić information content (AvgIpc) is 3.07. The molecule has 0 fully saturated rings. The van der Waals surface area contributed by atoms with E-state index in [9.17, 15) is 13.2 Å². The Labute approximate surface area is 151 Å². The molecule has 25 heavy (non-hydrogen) atoms. The maximum Gasteiger partial charge on any atom is 0.272 e. The van der Waals surface area contributed by atoms with Gasteiger partial charge in [0, 0.05) is 5.02 Å². The van der Waals surface area contributed by atoms with E-state index in [0.29, 0.717) is 10.8 Å². The predicted molar refractivity (Wildman–Crippen MR) is 93.9 cm³/mol. The first-order valence-electron chi connectivity index (χ1n) is 7.75. The number of carbonyl (C=O) groups is 1. The summed E-state index contributed by atoms with van der Waals surface area (Å²) in [6.45, 7) is -0.325. The molecule has 0 bridgehead atoms. The molecule has 0 heterocycles. The van der Waals surface area contributed by atoms with E-state index in [-0.39, 0.29) is 11.5 Å². The normalized spacial score (nSPS) is 13.3. The topological polar surface area (TPSA) is 84.5 Å². The molecule has 0 aromatic heterocycles. The second kappa shape index (κ2) is 7.43. The molecule has 1 amide bonds. The predicted octanol–water partition coefficient (Wildman–Crippen LogP) is 2.22. The van der Waals surface area contributed by atoms with Crippen LogP contribution >= 0.6 is 11.6 Å². The molecule has 0 saturated heterocycles. The van der Waals surface area contributed by atoms with E-state index in [1.807, 2.05) is 6.07 Å². The average molecular weight is 381 g/mol. The minimum atomic E-state index is -3.82. The number of hydrazine groups is 1. The van der Waals surface area contributed by atoms with Crippen molar-refractivity contribution in [3.8, 4) is 5.75 Å². The van der Waals surface area contributed by atoms with E-state index in [1.165, 1.54) is 5.56 Å². The fraction of sp³-hybridized carbons (Fsp3) is 0.235. The summed E-state index contributed by atoms with van der Waals surface area (Å²) < 4.78 is 29.8. The third kappa shape index (κ3) is 4.50. The second-order valence-corrected chi connectivity index (χ2v) is 7.80. The number of fused-ring (bicyclic) bond motifs is 1. The number of ether oxygens (including phenoxy) is 1. The van der Waals surface area contributed by atoms with Gasteiger partial charge in [0.2, 0.25) is 0 Å². The summed E-state index contributed by atoms with van der Waals surface area (Å²) in [6.07, 6.45) is 2.88. The highest BCUT2D eigenvalue weighted by Gasteiger charge is 2.19. The van der Waals surface area contributed by atoms with Crippen molar-refractivity contribution >= 4 is 27.5 Å². The van der Waals surface area contributed by atoms with Gasteiger partial charge in [-0.3, -0.25) is 10.2 Å². The van der Waals surface area contributed by atoms with Gasteiger partial charge < -0.3 is 4.74 Å². The molecule has 8 heteroatoms. The van der Waals surface area contributed by atoms with Gasteiger partial charge in [-0.25, -0.2) is 8.42 Å². The van der Waals surface area contributed by atoms with Crippen molar-refractivity contribution in [3.05, 3.63) is 58.6 Å². The monoisotopic (exact) mass is 380 g/mol. The molecule has 2 aromatic rings. The van der Waals surface area contributed by atoms with Gasteiger partial charge in [-0.15, -0.1) is 4.83 Å². The maximum absolute atomic E-state index is 12.3. The molecule has 0 spiro atoms. The number of amides is 1. The van der Waals surface area contributed by atoms with E-state index in [1.54, 1.807) is 36.4 Å². The van der Waals surface area contributed by atoms with E-state index >= 15 is 0 Å². The molecule has 1 aliphatic carbocycles. The van der Waals surface area contributed by atoms with Gasteiger partial charge in [0.1, 0.15) is 5.75 Å². The lowest BCUT2D eigenvalue weighted by Gasteiger charge is -2.10. The molecule has 0 radical (unpaired) electrons. The van der Waals surface area contributed by atoms with Crippen LogP contribution in [0.5, 0.6) is 5.75 Å². The van der Waals surface area contributed by atoms with Crippen LogP contribution in [0.3, 0.4) is 0 Å². The van der Waals surface area contributed by atoms with Crippen LogP contribution in [0.1, 0.15) is 17.5 Å².